The van der Waals surface area contributed by atoms with Crippen LogP contribution in [0.15, 0.2) is 0 Å². The topological polar surface area (TPSA) is 64.8 Å². The average molecular weight is 216 g/mol. The van der Waals surface area contributed by atoms with E-state index in [2.05, 4.69) is 4.90 Å². The molecule has 1 saturated heterocycles. The number of carbonyl (C=O) groups excluding carboxylic acids is 1. The Labute approximate surface area is 90.5 Å². The van der Waals surface area contributed by atoms with Gasteiger partial charge in [0.1, 0.15) is 6.04 Å². The molecule has 0 aromatic rings. The van der Waals surface area contributed by atoms with E-state index in [9.17, 15) is 4.79 Å². The molecule has 0 aromatic carbocycles. The lowest BCUT2D eigenvalue weighted by molar-refractivity contribution is -0.145. The highest BCUT2D eigenvalue weighted by atomic mass is 16.5. The van der Waals surface area contributed by atoms with Crippen molar-refractivity contribution in [3.63, 3.8) is 0 Å². The first-order valence-electron chi connectivity index (χ1n) is 5.39. The second-order valence-electron chi connectivity index (χ2n) is 3.80. The molecule has 2 unspecified atom stereocenters. The lowest BCUT2D eigenvalue weighted by Gasteiger charge is -2.32. The summed E-state index contributed by atoms with van der Waals surface area (Å²) in [6.45, 7) is 7.09. The van der Waals surface area contributed by atoms with E-state index in [4.69, 9.17) is 15.2 Å². The number of esters is 1. The maximum atomic E-state index is 11.3. The minimum absolute atomic E-state index is 0.216. The van der Waals surface area contributed by atoms with Crippen LogP contribution in [0.2, 0.25) is 0 Å². The Kier molecular flexibility index (Phi) is 5.01. The number of hydrogen-bond acceptors (Lipinski definition) is 5. The van der Waals surface area contributed by atoms with E-state index in [1.807, 2.05) is 6.92 Å². The van der Waals surface area contributed by atoms with E-state index < -0.39 is 6.04 Å². The molecule has 2 atom stereocenters. The van der Waals surface area contributed by atoms with Gasteiger partial charge in [-0.2, -0.15) is 0 Å². The zero-order chi connectivity index (χ0) is 11.3. The predicted molar refractivity (Wildman–Crippen MR) is 56.5 cm³/mol. The van der Waals surface area contributed by atoms with Crippen LogP contribution in [-0.4, -0.2) is 55.9 Å². The molecular formula is C10H20N2O3. The summed E-state index contributed by atoms with van der Waals surface area (Å²) in [5, 5.41) is 0. The third-order valence-corrected chi connectivity index (χ3v) is 2.37. The van der Waals surface area contributed by atoms with E-state index >= 15 is 0 Å². The third kappa shape index (κ3) is 4.15. The summed E-state index contributed by atoms with van der Waals surface area (Å²) < 4.78 is 10.2. The number of ether oxygens (including phenoxy) is 2. The molecule has 2 N–H and O–H groups in total. The monoisotopic (exact) mass is 216 g/mol. The van der Waals surface area contributed by atoms with Crippen LogP contribution in [0, 0.1) is 0 Å². The minimum atomic E-state index is -0.546. The summed E-state index contributed by atoms with van der Waals surface area (Å²) in [5.74, 6) is -0.323. The van der Waals surface area contributed by atoms with Crippen LogP contribution < -0.4 is 5.73 Å². The molecule has 0 aliphatic carbocycles. The SMILES string of the molecule is CCOC(=O)C(N)CN1CCOC(C)C1. The number of nitrogens with zero attached hydrogens (tertiary/aromatic N) is 1. The normalized spacial score (nSPS) is 24.9. The smallest absolute Gasteiger partial charge is 0.324 e. The highest BCUT2D eigenvalue weighted by Crippen LogP contribution is 2.04. The van der Waals surface area contributed by atoms with Gasteiger partial charge in [0.25, 0.3) is 0 Å². The molecule has 1 fully saturated rings. The van der Waals surface area contributed by atoms with Gasteiger partial charge in [0.05, 0.1) is 19.3 Å². The quantitative estimate of drug-likeness (QED) is 0.648. The molecule has 0 spiro atoms. The van der Waals surface area contributed by atoms with Crippen LogP contribution in [-0.2, 0) is 14.3 Å². The second-order valence-corrected chi connectivity index (χ2v) is 3.80. The molecule has 88 valence electrons. The van der Waals surface area contributed by atoms with Gasteiger partial charge in [-0.3, -0.25) is 9.69 Å². The van der Waals surface area contributed by atoms with Gasteiger partial charge in [0, 0.05) is 19.6 Å². The summed E-state index contributed by atoms with van der Waals surface area (Å²) in [4.78, 5) is 13.4. The zero-order valence-corrected chi connectivity index (χ0v) is 9.44. The summed E-state index contributed by atoms with van der Waals surface area (Å²) in [7, 11) is 0. The van der Waals surface area contributed by atoms with Crippen LogP contribution >= 0.6 is 0 Å². The van der Waals surface area contributed by atoms with Crippen LogP contribution in [0.25, 0.3) is 0 Å². The Hall–Kier alpha value is -0.650. The maximum absolute atomic E-state index is 11.3. The standard InChI is InChI=1S/C10H20N2O3/c1-3-14-10(13)9(11)7-12-4-5-15-8(2)6-12/h8-9H,3-7,11H2,1-2H3. The average Bonchev–Trinajstić information content (AvgIpc) is 2.18. The Morgan fingerprint density at radius 2 is 2.47 bits per heavy atom. The molecule has 0 radical (unpaired) electrons. The van der Waals surface area contributed by atoms with E-state index in [1.165, 1.54) is 0 Å². The molecule has 5 nitrogen and oxygen atoms in total. The highest BCUT2D eigenvalue weighted by molar-refractivity contribution is 5.75. The van der Waals surface area contributed by atoms with E-state index in [0.717, 1.165) is 13.1 Å². The van der Waals surface area contributed by atoms with Crippen molar-refractivity contribution in [1.29, 1.82) is 0 Å². The van der Waals surface area contributed by atoms with Crippen molar-refractivity contribution in [2.24, 2.45) is 5.73 Å². The van der Waals surface area contributed by atoms with Crippen LogP contribution in [0.1, 0.15) is 13.8 Å². The van der Waals surface area contributed by atoms with Gasteiger partial charge >= 0.3 is 5.97 Å². The van der Waals surface area contributed by atoms with Crippen molar-refractivity contribution in [1.82, 2.24) is 4.90 Å². The Balaban J connectivity index is 2.30. The van der Waals surface area contributed by atoms with E-state index in [-0.39, 0.29) is 12.1 Å². The fraction of sp³-hybridized carbons (Fsp3) is 0.900. The largest absolute Gasteiger partial charge is 0.465 e. The van der Waals surface area contributed by atoms with Gasteiger partial charge in [-0.25, -0.2) is 0 Å². The Bertz CT molecular complexity index is 211. The molecule has 5 heteroatoms. The van der Waals surface area contributed by atoms with Gasteiger partial charge in [0.2, 0.25) is 0 Å². The Morgan fingerprint density at radius 1 is 1.73 bits per heavy atom. The van der Waals surface area contributed by atoms with Gasteiger partial charge in [-0.15, -0.1) is 0 Å². The predicted octanol–water partition coefficient (Wildman–Crippen LogP) is -0.402. The summed E-state index contributed by atoms with van der Waals surface area (Å²) in [6.07, 6.45) is 0.216. The lowest BCUT2D eigenvalue weighted by atomic mass is 10.2. The number of hydrogen-bond donors (Lipinski definition) is 1. The summed E-state index contributed by atoms with van der Waals surface area (Å²) >= 11 is 0. The number of nitrogens with two attached hydrogens (primary N) is 1. The van der Waals surface area contributed by atoms with Crippen molar-refractivity contribution in [2.75, 3.05) is 32.8 Å². The fourth-order valence-electron chi connectivity index (χ4n) is 1.66. The molecule has 0 amide bonds. The van der Waals surface area contributed by atoms with Crippen molar-refractivity contribution in [2.45, 2.75) is 26.0 Å². The van der Waals surface area contributed by atoms with Crippen molar-refractivity contribution >= 4 is 5.97 Å². The molecule has 1 heterocycles. The van der Waals surface area contributed by atoms with Crippen LogP contribution in [0.5, 0.6) is 0 Å². The van der Waals surface area contributed by atoms with Gasteiger partial charge in [0.15, 0.2) is 0 Å². The molecule has 1 rings (SSSR count). The fourth-order valence-corrected chi connectivity index (χ4v) is 1.66. The number of rotatable bonds is 4. The zero-order valence-electron chi connectivity index (χ0n) is 9.44. The molecule has 15 heavy (non-hydrogen) atoms. The Morgan fingerprint density at radius 3 is 3.07 bits per heavy atom. The number of morpholine rings is 1. The highest BCUT2D eigenvalue weighted by Gasteiger charge is 2.22. The van der Waals surface area contributed by atoms with Crippen molar-refractivity contribution in [3.05, 3.63) is 0 Å². The van der Waals surface area contributed by atoms with Crippen LogP contribution in [0.3, 0.4) is 0 Å². The number of carbonyl (C=O) groups is 1. The molecule has 1 aliphatic heterocycles. The molecular weight excluding hydrogens is 196 g/mol. The first-order valence-corrected chi connectivity index (χ1v) is 5.39. The second kappa shape index (κ2) is 6.05. The van der Waals surface area contributed by atoms with Gasteiger partial charge in [-0.1, -0.05) is 0 Å². The van der Waals surface area contributed by atoms with Crippen molar-refractivity contribution < 1.29 is 14.3 Å². The summed E-state index contributed by atoms with van der Waals surface area (Å²) in [6, 6.07) is -0.546. The molecule has 0 saturated carbocycles. The van der Waals surface area contributed by atoms with E-state index in [0.29, 0.717) is 19.8 Å². The van der Waals surface area contributed by atoms with Crippen LogP contribution in [0.4, 0.5) is 0 Å². The molecule has 0 bridgehead atoms. The van der Waals surface area contributed by atoms with Gasteiger partial charge < -0.3 is 15.2 Å². The maximum Gasteiger partial charge on any atom is 0.324 e. The molecule has 1 aliphatic rings. The van der Waals surface area contributed by atoms with E-state index in [1.54, 1.807) is 6.92 Å². The summed E-state index contributed by atoms with van der Waals surface area (Å²) in [5.41, 5.74) is 5.72. The van der Waals surface area contributed by atoms with Crippen molar-refractivity contribution in [3.8, 4) is 0 Å². The first-order chi connectivity index (χ1) is 7.13. The third-order valence-electron chi connectivity index (χ3n) is 2.37. The molecule has 0 aromatic heterocycles. The van der Waals surface area contributed by atoms with Gasteiger partial charge in [-0.05, 0) is 13.8 Å². The lowest BCUT2D eigenvalue weighted by Crippen LogP contribution is -2.49. The minimum Gasteiger partial charge on any atom is -0.465 e. The first kappa shape index (κ1) is 12.4.